The molecule has 2 aliphatic rings. The van der Waals surface area contributed by atoms with Crippen molar-refractivity contribution >= 4 is 17.4 Å². The average molecular weight is 468 g/mol. The minimum atomic E-state index is -0.648. The maximum absolute atomic E-state index is 13.3. The Morgan fingerprint density at radius 2 is 1.74 bits per heavy atom. The highest BCUT2D eigenvalue weighted by atomic mass is 16.5. The Kier molecular flexibility index (Phi) is 6.16. The molecule has 2 aliphatic heterocycles. The zero-order valence-electron chi connectivity index (χ0n) is 20.0. The van der Waals surface area contributed by atoms with Gasteiger partial charge in [-0.05, 0) is 60.2 Å². The van der Waals surface area contributed by atoms with Crippen LogP contribution in [0.3, 0.4) is 0 Å². The number of rotatable bonds is 6. The number of carbonyl (C=O) groups is 2. The lowest BCUT2D eigenvalue weighted by atomic mass is 9.93. The van der Waals surface area contributed by atoms with E-state index in [4.69, 9.17) is 4.74 Å². The van der Waals surface area contributed by atoms with Crippen molar-refractivity contribution in [1.29, 1.82) is 0 Å². The fourth-order valence-corrected chi connectivity index (χ4v) is 5.01. The molecule has 3 aromatic carbocycles. The number of aliphatic hydroxyl groups excluding tert-OH is 1. The Morgan fingerprint density at radius 3 is 2.46 bits per heavy atom. The average Bonchev–Trinajstić information content (AvgIpc) is 3.38. The quantitative estimate of drug-likeness (QED) is 0.306. The second kappa shape index (κ2) is 9.41. The summed E-state index contributed by atoms with van der Waals surface area (Å²) in [7, 11) is 0. The van der Waals surface area contributed by atoms with Crippen molar-refractivity contribution in [2.45, 2.75) is 45.3 Å². The molecule has 3 aromatic rings. The second-order valence-corrected chi connectivity index (χ2v) is 9.28. The van der Waals surface area contributed by atoms with E-state index in [-0.39, 0.29) is 17.4 Å². The van der Waals surface area contributed by atoms with Gasteiger partial charge in [-0.15, -0.1) is 0 Å². The van der Waals surface area contributed by atoms with Gasteiger partial charge in [0.1, 0.15) is 17.6 Å². The molecule has 0 aliphatic carbocycles. The van der Waals surface area contributed by atoms with Crippen LogP contribution in [0.5, 0.6) is 5.75 Å². The molecule has 5 rings (SSSR count). The smallest absolute Gasteiger partial charge is 0.295 e. The fourth-order valence-electron chi connectivity index (χ4n) is 5.01. The van der Waals surface area contributed by atoms with E-state index in [0.29, 0.717) is 18.5 Å². The van der Waals surface area contributed by atoms with Crippen molar-refractivity contribution in [1.82, 2.24) is 4.90 Å². The predicted octanol–water partition coefficient (Wildman–Crippen LogP) is 5.24. The third kappa shape index (κ3) is 4.34. The van der Waals surface area contributed by atoms with Crippen LogP contribution in [-0.2, 0) is 28.9 Å². The van der Waals surface area contributed by atoms with E-state index >= 15 is 0 Å². The summed E-state index contributed by atoms with van der Waals surface area (Å²) < 4.78 is 5.78. The molecular weight excluding hydrogens is 438 g/mol. The number of aliphatic hydroxyl groups is 1. The second-order valence-electron chi connectivity index (χ2n) is 9.28. The highest BCUT2D eigenvalue weighted by Gasteiger charge is 2.45. The molecule has 35 heavy (non-hydrogen) atoms. The van der Waals surface area contributed by atoms with Crippen LogP contribution in [0.25, 0.3) is 5.76 Å². The zero-order valence-corrected chi connectivity index (χ0v) is 20.0. The molecule has 2 unspecified atom stereocenters. The molecule has 1 saturated heterocycles. The Bertz CT molecular complexity index is 1290. The Labute approximate surface area is 205 Å². The lowest BCUT2D eigenvalue weighted by molar-refractivity contribution is -0.139. The molecular formula is C30H29NO4. The van der Waals surface area contributed by atoms with E-state index in [0.717, 1.165) is 35.3 Å². The van der Waals surface area contributed by atoms with Gasteiger partial charge in [0, 0.05) is 18.5 Å². The molecule has 178 valence electrons. The van der Waals surface area contributed by atoms with Crippen molar-refractivity contribution in [2.24, 2.45) is 0 Å². The van der Waals surface area contributed by atoms with E-state index in [9.17, 15) is 14.7 Å². The van der Waals surface area contributed by atoms with Gasteiger partial charge in [-0.3, -0.25) is 9.59 Å². The van der Waals surface area contributed by atoms with Crippen LogP contribution in [0.2, 0.25) is 0 Å². The standard InChI is InChI=1S/C30H29NO4/c1-3-20-9-11-22(12-10-20)27-26(28(32)23-13-14-25-24(18-23)17-19(2)35-25)29(33)30(34)31(27)16-15-21-7-5-4-6-8-21/h4-14,18-19,27,32H,3,15-17H2,1-2H3/b28-26+. The number of likely N-dealkylation sites (tertiary alicyclic amines) is 1. The Morgan fingerprint density at radius 1 is 1.00 bits per heavy atom. The van der Waals surface area contributed by atoms with Gasteiger partial charge in [-0.2, -0.15) is 0 Å². The molecule has 0 spiro atoms. The minimum Gasteiger partial charge on any atom is -0.507 e. The number of Topliss-reactive ketones (excluding diaryl/α,β-unsaturated/α-hetero) is 1. The van der Waals surface area contributed by atoms with Crippen LogP contribution in [0, 0.1) is 0 Å². The molecule has 0 bridgehead atoms. The Hall–Kier alpha value is -3.86. The van der Waals surface area contributed by atoms with Gasteiger partial charge >= 0.3 is 0 Å². The van der Waals surface area contributed by atoms with Gasteiger partial charge in [-0.25, -0.2) is 0 Å². The number of carbonyl (C=O) groups excluding carboxylic acids is 2. The van der Waals surface area contributed by atoms with Gasteiger partial charge in [-0.1, -0.05) is 61.5 Å². The lowest BCUT2D eigenvalue weighted by Gasteiger charge is -2.25. The summed E-state index contributed by atoms with van der Waals surface area (Å²) in [4.78, 5) is 28.1. The van der Waals surface area contributed by atoms with Gasteiger partial charge < -0.3 is 14.7 Å². The fraction of sp³-hybridized carbons (Fsp3) is 0.267. The first kappa shape index (κ1) is 22.9. The SMILES string of the molecule is CCc1ccc(C2/C(=C(\O)c3ccc4c(c3)CC(C)O4)C(=O)C(=O)N2CCc2ccccc2)cc1. The summed E-state index contributed by atoms with van der Waals surface area (Å²) in [6, 6.07) is 22.6. The van der Waals surface area contributed by atoms with Crippen LogP contribution in [-0.4, -0.2) is 34.3 Å². The van der Waals surface area contributed by atoms with E-state index < -0.39 is 17.7 Å². The van der Waals surface area contributed by atoms with Crippen LogP contribution in [0.4, 0.5) is 0 Å². The molecule has 2 atom stereocenters. The van der Waals surface area contributed by atoms with E-state index in [1.54, 1.807) is 11.0 Å². The van der Waals surface area contributed by atoms with Gasteiger partial charge in [0.25, 0.3) is 11.7 Å². The number of ether oxygens (including phenoxy) is 1. The van der Waals surface area contributed by atoms with Crippen LogP contribution < -0.4 is 4.74 Å². The van der Waals surface area contributed by atoms with E-state index in [2.05, 4.69) is 6.92 Å². The molecule has 5 nitrogen and oxygen atoms in total. The number of aryl methyl sites for hydroxylation is 1. The molecule has 0 aromatic heterocycles. The Balaban J connectivity index is 1.57. The first-order valence-electron chi connectivity index (χ1n) is 12.2. The summed E-state index contributed by atoms with van der Waals surface area (Å²) in [5, 5.41) is 11.4. The first-order valence-corrected chi connectivity index (χ1v) is 12.2. The number of ketones is 1. The van der Waals surface area contributed by atoms with E-state index in [1.807, 2.05) is 73.7 Å². The minimum absolute atomic E-state index is 0.0723. The summed E-state index contributed by atoms with van der Waals surface area (Å²) >= 11 is 0. The van der Waals surface area contributed by atoms with Crippen molar-refractivity contribution < 1.29 is 19.4 Å². The largest absolute Gasteiger partial charge is 0.507 e. The van der Waals surface area contributed by atoms with Crippen LogP contribution in [0.15, 0.2) is 78.4 Å². The summed E-state index contributed by atoms with van der Waals surface area (Å²) in [6.45, 7) is 4.46. The van der Waals surface area contributed by atoms with Crippen LogP contribution in [0.1, 0.15) is 47.7 Å². The molecule has 5 heteroatoms. The highest BCUT2D eigenvalue weighted by molar-refractivity contribution is 6.46. The summed E-state index contributed by atoms with van der Waals surface area (Å²) in [6.07, 6.45) is 2.32. The number of hydrogen-bond donors (Lipinski definition) is 1. The molecule has 2 heterocycles. The third-order valence-corrected chi connectivity index (χ3v) is 6.90. The molecule has 1 N–H and O–H groups in total. The number of amides is 1. The zero-order chi connectivity index (χ0) is 24.5. The van der Waals surface area contributed by atoms with Crippen molar-refractivity contribution in [2.75, 3.05) is 6.54 Å². The molecule has 1 fully saturated rings. The maximum atomic E-state index is 13.3. The number of nitrogens with zero attached hydrogens (tertiary/aromatic N) is 1. The molecule has 1 amide bonds. The normalized spacial score (nSPS) is 20.7. The molecule has 0 radical (unpaired) electrons. The maximum Gasteiger partial charge on any atom is 0.295 e. The summed E-state index contributed by atoms with van der Waals surface area (Å²) in [5.41, 5.74) is 4.72. The predicted molar refractivity (Wildman–Crippen MR) is 135 cm³/mol. The third-order valence-electron chi connectivity index (χ3n) is 6.90. The van der Waals surface area contributed by atoms with E-state index in [1.165, 1.54) is 5.56 Å². The highest BCUT2D eigenvalue weighted by Crippen LogP contribution is 2.40. The van der Waals surface area contributed by atoms with Gasteiger partial charge in [0.05, 0.1) is 11.6 Å². The monoisotopic (exact) mass is 467 g/mol. The first-order chi connectivity index (χ1) is 17.0. The number of fused-ring (bicyclic) bond motifs is 1. The van der Waals surface area contributed by atoms with Crippen molar-refractivity contribution in [3.63, 3.8) is 0 Å². The topological polar surface area (TPSA) is 66.8 Å². The molecule has 0 saturated carbocycles. The van der Waals surface area contributed by atoms with Gasteiger partial charge in [0.2, 0.25) is 0 Å². The lowest BCUT2D eigenvalue weighted by Crippen LogP contribution is -2.31. The van der Waals surface area contributed by atoms with Gasteiger partial charge in [0.15, 0.2) is 0 Å². The van der Waals surface area contributed by atoms with Crippen molar-refractivity contribution in [3.8, 4) is 5.75 Å². The number of hydrogen-bond acceptors (Lipinski definition) is 4. The van der Waals surface area contributed by atoms with Crippen molar-refractivity contribution in [3.05, 3.63) is 106 Å². The summed E-state index contributed by atoms with van der Waals surface area (Å²) in [5.74, 6) is -0.572. The van der Waals surface area contributed by atoms with Crippen LogP contribution >= 0.6 is 0 Å². The number of benzene rings is 3.